The van der Waals surface area contributed by atoms with Crippen molar-refractivity contribution >= 4 is 0 Å². The van der Waals surface area contributed by atoms with Crippen molar-refractivity contribution in [2.75, 3.05) is 0 Å². The van der Waals surface area contributed by atoms with Gasteiger partial charge in [0.15, 0.2) is 0 Å². The molecule has 0 saturated heterocycles. The normalized spacial score (nSPS) is 12.5. The molecule has 0 nitrogen and oxygen atoms in total. The SMILES string of the molecule is C#CCCCCCC(C)CC. The summed E-state index contributed by atoms with van der Waals surface area (Å²) < 4.78 is 0. The third-order valence-electron chi connectivity index (χ3n) is 2.21. The van der Waals surface area contributed by atoms with Gasteiger partial charge < -0.3 is 0 Å². The fraction of sp³-hybridized carbons (Fsp3) is 0.818. The molecule has 0 fully saturated rings. The quantitative estimate of drug-likeness (QED) is 0.403. The van der Waals surface area contributed by atoms with Crippen molar-refractivity contribution in [1.82, 2.24) is 0 Å². The van der Waals surface area contributed by atoms with Gasteiger partial charge in [0, 0.05) is 6.42 Å². The zero-order valence-corrected chi connectivity index (χ0v) is 7.90. The average Bonchev–Trinajstić information content (AvgIpc) is 2.04. The lowest BCUT2D eigenvalue weighted by molar-refractivity contribution is 0.480. The van der Waals surface area contributed by atoms with Crippen molar-refractivity contribution in [3.05, 3.63) is 0 Å². The van der Waals surface area contributed by atoms with Gasteiger partial charge in [-0.2, -0.15) is 0 Å². The molecule has 1 unspecified atom stereocenters. The van der Waals surface area contributed by atoms with Crippen LogP contribution in [-0.4, -0.2) is 0 Å². The Bertz CT molecular complexity index is 108. The van der Waals surface area contributed by atoms with Crippen LogP contribution < -0.4 is 0 Å². The maximum Gasteiger partial charge on any atom is 0.00860 e. The lowest BCUT2D eigenvalue weighted by atomic mass is 10.0. The first-order valence-electron chi connectivity index (χ1n) is 4.74. The molecule has 0 aromatic rings. The van der Waals surface area contributed by atoms with Gasteiger partial charge >= 0.3 is 0 Å². The Balaban J connectivity index is 2.97. The molecule has 0 N–H and O–H groups in total. The summed E-state index contributed by atoms with van der Waals surface area (Å²) in [6, 6.07) is 0. The van der Waals surface area contributed by atoms with Crippen LogP contribution in [0, 0.1) is 18.3 Å². The van der Waals surface area contributed by atoms with Gasteiger partial charge in [0.25, 0.3) is 0 Å². The van der Waals surface area contributed by atoms with Gasteiger partial charge in [0.1, 0.15) is 0 Å². The predicted molar refractivity (Wildman–Crippen MR) is 51.4 cm³/mol. The maximum absolute atomic E-state index is 5.15. The molecule has 0 saturated carbocycles. The molecule has 0 aliphatic heterocycles. The lowest BCUT2D eigenvalue weighted by Gasteiger charge is -2.06. The van der Waals surface area contributed by atoms with Gasteiger partial charge in [-0.25, -0.2) is 0 Å². The highest BCUT2D eigenvalue weighted by atomic mass is 14.0. The first-order valence-corrected chi connectivity index (χ1v) is 4.74. The monoisotopic (exact) mass is 152 g/mol. The molecule has 0 aliphatic rings. The van der Waals surface area contributed by atoms with E-state index in [1.807, 2.05) is 0 Å². The Morgan fingerprint density at radius 1 is 1.27 bits per heavy atom. The number of unbranched alkanes of at least 4 members (excludes halogenated alkanes) is 3. The average molecular weight is 152 g/mol. The van der Waals surface area contributed by atoms with E-state index in [2.05, 4.69) is 19.8 Å². The highest BCUT2D eigenvalue weighted by Gasteiger charge is 1.96. The third kappa shape index (κ3) is 7.46. The highest BCUT2D eigenvalue weighted by Crippen LogP contribution is 2.12. The van der Waals surface area contributed by atoms with Crippen LogP contribution in [0.2, 0.25) is 0 Å². The molecule has 0 heteroatoms. The topological polar surface area (TPSA) is 0 Å². The van der Waals surface area contributed by atoms with Gasteiger partial charge in [-0.15, -0.1) is 12.3 Å². The summed E-state index contributed by atoms with van der Waals surface area (Å²) in [5.41, 5.74) is 0. The van der Waals surface area contributed by atoms with Gasteiger partial charge in [-0.3, -0.25) is 0 Å². The molecule has 0 aromatic heterocycles. The van der Waals surface area contributed by atoms with E-state index >= 15 is 0 Å². The number of terminal acetylenes is 1. The minimum atomic E-state index is 0.904. The van der Waals surface area contributed by atoms with Gasteiger partial charge in [0.05, 0.1) is 0 Å². The fourth-order valence-corrected chi connectivity index (χ4v) is 1.10. The molecule has 0 radical (unpaired) electrons. The Labute approximate surface area is 71.4 Å². The summed E-state index contributed by atoms with van der Waals surface area (Å²) in [6.45, 7) is 4.58. The highest BCUT2D eigenvalue weighted by molar-refractivity contribution is 4.82. The van der Waals surface area contributed by atoms with E-state index in [-0.39, 0.29) is 0 Å². The lowest BCUT2D eigenvalue weighted by Crippen LogP contribution is -1.91. The Kier molecular flexibility index (Phi) is 7.36. The summed E-state index contributed by atoms with van der Waals surface area (Å²) in [7, 11) is 0. The van der Waals surface area contributed by atoms with Crippen molar-refractivity contribution in [2.45, 2.75) is 52.4 Å². The molecule has 0 spiro atoms. The van der Waals surface area contributed by atoms with Gasteiger partial charge in [-0.05, 0) is 12.3 Å². The molecule has 0 aliphatic carbocycles. The van der Waals surface area contributed by atoms with Crippen LogP contribution in [0.3, 0.4) is 0 Å². The summed E-state index contributed by atoms with van der Waals surface area (Å²) in [4.78, 5) is 0. The zero-order valence-electron chi connectivity index (χ0n) is 7.90. The molecule has 0 amide bonds. The van der Waals surface area contributed by atoms with Crippen molar-refractivity contribution in [3.8, 4) is 12.3 Å². The van der Waals surface area contributed by atoms with E-state index in [1.54, 1.807) is 0 Å². The second-order valence-corrected chi connectivity index (χ2v) is 3.32. The van der Waals surface area contributed by atoms with E-state index in [1.165, 1.54) is 32.1 Å². The fourth-order valence-electron chi connectivity index (χ4n) is 1.10. The Morgan fingerprint density at radius 2 is 2.00 bits per heavy atom. The van der Waals surface area contributed by atoms with E-state index in [9.17, 15) is 0 Å². The molecule has 0 bridgehead atoms. The molecular weight excluding hydrogens is 132 g/mol. The summed E-state index contributed by atoms with van der Waals surface area (Å²) in [6.07, 6.45) is 12.7. The molecule has 1 atom stereocenters. The number of hydrogen-bond acceptors (Lipinski definition) is 0. The Hall–Kier alpha value is -0.440. The Morgan fingerprint density at radius 3 is 2.55 bits per heavy atom. The standard InChI is InChI=1S/C11H20/c1-4-6-7-8-9-10-11(3)5-2/h1,11H,5-10H2,2-3H3. The third-order valence-corrected chi connectivity index (χ3v) is 2.21. The maximum atomic E-state index is 5.15. The largest absolute Gasteiger partial charge is 0.120 e. The van der Waals surface area contributed by atoms with Crippen LogP contribution in [-0.2, 0) is 0 Å². The van der Waals surface area contributed by atoms with Crippen molar-refractivity contribution in [3.63, 3.8) is 0 Å². The molecule has 0 aromatic carbocycles. The van der Waals surface area contributed by atoms with Crippen molar-refractivity contribution in [2.24, 2.45) is 5.92 Å². The van der Waals surface area contributed by atoms with E-state index < -0.39 is 0 Å². The smallest absolute Gasteiger partial charge is 0.00860 e. The number of rotatable bonds is 6. The molecule has 0 rings (SSSR count). The van der Waals surface area contributed by atoms with Crippen molar-refractivity contribution in [1.29, 1.82) is 0 Å². The van der Waals surface area contributed by atoms with Crippen molar-refractivity contribution < 1.29 is 0 Å². The second kappa shape index (κ2) is 7.66. The molecule has 11 heavy (non-hydrogen) atoms. The van der Waals surface area contributed by atoms with E-state index in [4.69, 9.17) is 6.42 Å². The molecule has 0 heterocycles. The first kappa shape index (κ1) is 10.6. The number of hydrogen-bond donors (Lipinski definition) is 0. The predicted octanol–water partition coefficient (Wildman–Crippen LogP) is 3.62. The van der Waals surface area contributed by atoms with E-state index in [0.717, 1.165) is 12.3 Å². The van der Waals surface area contributed by atoms with Gasteiger partial charge in [-0.1, -0.05) is 39.5 Å². The first-order chi connectivity index (χ1) is 5.31. The minimum absolute atomic E-state index is 0.904. The van der Waals surface area contributed by atoms with Crippen LogP contribution in [0.4, 0.5) is 0 Å². The van der Waals surface area contributed by atoms with Gasteiger partial charge in [0.2, 0.25) is 0 Å². The van der Waals surface area contributed by atoms with Crippen LogP contribution in [0.25, 0.3) is 0 Å². The van der Waals surface area contributed by atoms with Crippen LogP contribution in [0.5, 0.6) is 0 Å². The second-order valence-electron chi connectivity index (χ2n) is 3.32. The van der Waals surface area contributed by atoms with Crippen LogP contribution >= 0.6 is 0 Å². The molecular formula is C11H20. The van der Waals surface area contributed by atoms with Crippen LogP contribution in [0.15, 0.2) is 0 Å². The summed E-state index contributed by atoms with van der Waals surface area (Å²) in [5, 5.41) is 0. The zero-order chi connectivity index (χ0) is 8.53. The summed E-state index contributed by atoms with van der Waals surface area (Å²) in [5.74, 6) is 3.57. The minimum Gasteiger partial charge on any atom is -0.120 e. The van der Waals surface area contributed by atoms with E-state index in [0.29, 0.717) is 0 Å². The molecule has 64 valence electrons. The summed E-state index contributed by atoms with van der Waals surface area (Å²) >= 11 is 0. The van der Waals surface area contributed by atoms with Crippen LogP contribution in [0.1, 0.15) is 52.4 Å².